The van der Waals surface area contributed by atoms with Crippen LogP contribution < -0.4 is 5.32 Å². The molecule has 0 atom stereocenters. The molecule has 1 amide bonds. The van der Waals surface area contributed by atoms with E-state index in [0.717, 1.165) is 16.9 Å². The summed E-state index contributed by atoms with van der Waals surface area (Å²) in [7, 11) is 0. The maximum absolute atomic E-state index is 11.9. The molecule has 0 bridgehead atoms. The molecule has 1 aromatic carbocycles. The SMILES string of the molecule is CC(C)(C)NC(=O)CCn1c(CCl)nc2cc(Cl)ccc21. The highest BCUT2D eigenvalue weighted by atomic mass is 35.5. The van der Waals surface area contributed by atoms with Crippen LogP contribution in [0.1, 0.15) is 33.0 Å². The maximum atomic E-state index is 11.9. The van der Waals surface area contributed by atoms with Gasteiger partial charge in [-0.25, -0.2) is 4.98 Å². The number of halogens is 2. The van der Waals surface area contributed by atoms with E-state index in [9.17, 15) is 4.79 Å². The van der Waals surface area contributed by atoms with Gasteiger partial charge in [0.1, 0.15) is 5.82 Å². The van der Waals surface area contributed by atoms with Crippen molar-refractivity contribution in [3.63, 3.8) is 0 Å². The van der Waals surface area contributed by atoms with Gasteiger partial charge in [-0.3, -0.25) is 4.79 Å². The molecule has 0 saturated heterocycles. The Morgan fingerprint density at radius 1 is 1.38 bits per heavy atom. The summed E-state index contributed by atoms with van der Waals surface area (Å²) < 4.78 is 1.97. The lowest BCUT2D eigenvalue weighted by Crippen LogP contribution is -2.40. The molecule has 6 heteroatoms. The van der Waals surface area contributed by atoms with E-state index in [0.29, 0.717) is 23.9 Å². The number of alkyl halides is 1. The van der Waals surface area contributed by atoms with Crippen LogP contribution in [-0.4, -0.2) is 21.0 Å². The van der Waals surface area contributed by atoms with Crippen LogP contribution in [0.15, 0.2) is 18.2 Å². The Kier molecular flexibility index (Phi) is 4.79. The fraction of sp³-hybridized carbons (Fsp3) is 0.467. The number of carbonyl (C=O) groups is 1. The summed E-state index contributed by atoms with van der Waals surface area (Å²) in [5.41, 5.74) is 1.52. The lowest BCUT2D eigenvalue weighted by molar-refractivity contribution is -0.122. The molecule has 0 radical (unpaired) electrons. The second-order valence-electron chi connectivity index (χ2n) is 5.99. The van der Waals surface area contributed by atoms with Gasteiger partial charge in [-0.15, -0.1) is 11.6 Å². The molecular weight excluding hydrogens is 309 g/mol. The Hall–Kier alpha value is -1.26. The quantitative estimate of drug-likeness (QED) is 0.869. The Morgan fingerprint density at radius 3 is 2.71 bits per heavy atom. The van der Waals surface area contributed by atoms with Crippen LogP contribution >= 0.6 is 23.2 Å². The highest BCUT2D eigenvalue weighted by molar-refractivity contribution is 6.31. The molecule has 0 saturated carbocycles. The summed E-state index contributed by atoms with van der Waals surface area (Å²) in [6.45, 7) is 6.43. The smallest absolute Gasteiger partial charge is 0.222 e. The number of rotatable bonds is 4. The summed E-state index contributed by atoms with van der Waals surface area (Å²) >= 11 is 11.9. The summed E-state index contributed by atoms with van der Waals surface area (Å²) in [6, 6.07) is 5.52. The second kappa shape index (κ2) is 6.24. The first-order chi connectivity index (χ1) is 9.80. The van der Waals surface area contributed by atoms with Crippen molar-refractivity contribution in [2.24, 2.45) is 0 Å². The minimum absolute atomic E-state index is 0.0128. The molecule has 4 nitrogen and oxygen atoms in total. The van der Waals surface area contributed by atoms with Crippen LogP contribution in [0.3, 0.4) is 0 Å². The first-order valence-electron chi connectivity index (χ1n) is 6.82. The third kappa shape index (κ3) is 4.11. The van der Waals surface area contributed by atoms with Crippen molar-refractivity contribution >= 4 is 40.1 Å². The zero-order chi connectivity index (χ0) is 15.6. The molecule has 0 aliphatic rings. The zero-order valence-electron chi connectivity index (χ0n) is 12.4. The number of aryl methyl sites for hydroxylation is 1. The molecule has 1 aromatic heterocycles. The lowest BCUT2D eigenvalue weighted by Gasteiger charge is -2.20. The van der Waals surface area contributed by atoms with Crippen molar-refractivity contribution < 1.29 is 4.79 Å². The van der Waals surface area contributed by atoms with Crippen molar-refractivity contribution in [2.45, 2.75) is 45.2 Å². The number of amides is 1. The monoisotopic (exact) mass is 327 g/mol. The average molecular weight is 328 g/mol. The third-order valence-electron chi connectivity index (χ3n) is 2.99. The minimum Gasteiger partial charge on any atom is -0.351 e. The van der Waals surface area contributed by atoms with Crippen LogP contribution in [-0.2, 0) is 17.2 Å². The fourth-order valence-corrected chi connectivity index (χ4v) is 2.57. The number of benzene rings is 1. The van der Waals surface area contributed by atoms with E-state index in [1.807, 2.05) is 37.5 Å². The highest BCUT2D eigenvalue weighted by Gasteiger charge is 2.15. The largest absolute Gasteiger partial charge is 0.351 e. The molecule has 0 spiro atoms. The molecule has 0 fully saturated rings. The molecule has 1 N–H and O–H groups in total. The highest BCUT2D eigenvalue weighted by Crippen LogP contribution is 2.22. The number of hydrogen-bond donors (Lipinski definition) is 1. The van der Waals surface area contributed by atoms with Crippen molar-refractivity contribution in [1.82, 2.24) is 14.9 Å². The summed E-state index contributed by atoms with van der Waals surface area (Å²) in [4.78, 5) is 16.4. The summed E-state index contributed by atoms with van der Waals surface area (Å²) in [5.74, 6) is 1.06. The molecule has 2 aromatic rings. The van der Waals surface area contributed by atoms with Gasteiger partial charge in [0.15, 0.2) is 0 Å². The first kappa shape index (κ1) is 16.1. The summed E-state index contributed by atoms with van der Waals surface area (Å²) in [6.07, 6.45) is 0.384. The predicted octanol–water partition coefficient (Wildman–Crippen LogP) is 3.73. The normalized spacial score (nSPS) is 11.9. The molecule has 21 heavy (non-hydrogen) atoms. The van der Waals surface area contributed by atoms with Crippen molar-refractivity contribution in [1.29, 1.82) is 0 Å². The zero-order valence-corrected chi connectivity index (χ0v) is 13.9. The minimum atomic E-state index is -0.225. The number of nitrogens with zero attached hydrogens (tertiary/aromatic N) is 2. The van der Waals surface area contributed by atoms with Gasteiger partial charge >= 0.3 is 0 Å². The van der Waals surface area contributed by atoms with Crippen molar-refractivity contribution in [3.05, 3.63) is 29.0 Å². The van der Waals surface area contributed by atoms with E-state index >= 15 is 0 Å². The Bertz CT molecular complexity index is 659. The molecule has 1 heterocycles. The number of aromatic nitrogens is 2. The molecular formula is C15H19Cl2N3O. The van der Waals surface area contributed by atoms with Gasteiger partial charge in [0.05, 0.1) is 16.9 Å². The van der Waals surface area contributed by atoms with Gasteiger partial charge < -0.3 is 9.88 Å². The molecule has 0 aliphatic heterocycles. The van der Waals surface area contributed by atoms with E-state index < -0.39 is 0 Å². The first-order valence-corrected chi connectivity index (χ1v) is 7.73. The van der Waals surface area contributed by atoms with E-state index in [2.05, 4.69) is 10.3 Å². The second-order valence-corrected chi connectivity index (χ2v) is 6.70. The molecule has 0 unspecified atom stereocenters. The summed E-state index contributed by atoms with van der Waals surface area (Å²) in [5, 5.41) is 3.59. The molecule has 0 aliphatic carbocycles. The Morgan fingerprint density at radius 2 is 2.10 bits per heavy atom. The van der Waals surface area contributed by atoms with Gasteiger partial charge in [0, 0.05) is 23.5 Å². The van der Waals surface area contributed by atoms with Gasteiger partial charge in [-0.05, 0) is 39.0 Å². The maximum Gasteiger partial charge on any atom is 0.222 e. The van der Waals surface area contributed by atoms with Crippen LogP contribution in [0.2, 0.25) is 5.02 Å². The van der Waals surface area contributed by atoms with Crippen LogP contribution in [0.5, 0.6) is 0 Å². The lowest BCUT2D eigenvalue weighted by atomic mass is 10.1. The third-order valence-corrected chi connectivity index (χ3v) is 3.46. The Balaban J connectivity index is 2.19. The number of imidazole rings is 1. The number of fused-ring (bicyclic) bond motifs is 1. The van der Waals surface area contributed by atoms with E-state index in [4.69, 9.17) is 23.2 Å². The van der Waals surface area contributed by atoms with Crippen LogP contribution in [0.25, 0.3) is 11.0 Å². The van der Waals surface area contributed by atoms with E-state index in [1.54, 1.807) is 6.07 Å². The van der Waals surface area contributed by atoms with Crippen LogP contribution in [0.4, 0.5) is 0 Å². The number of carbonyl (C=O) groups excluding carboxylic acids is 1. The van der Waals surface area contributed by atoms with Crippen molar-refractivity contribution in [3.8, 4) is 0 Å². The van der Waals surface area contributed by atoms with Gasteiger partial charge in [-0.1, -0.05) is 11.6 Å². The van der Waals surface area contributed by atoms with E-state index in [1.165, 1.54) is 0 Å². The van der Waals surface area contributed by atoms with E-state index in [-0.39, 0.29) is 11.4 Å². The van der Waals surface area contributed by atoms with Gasteiger partial charge in [-0.2, -0.15) is 0 Å². The van der Waals surface area contributed by atoms with Gasteiger partial charge in [0.2, 0.25) is 5.91 Å². The van der Waals surface area contributed by atoms with Crippen LogP contribution in [0, 0.1) is 0 Å². The number of nitrogens with one attached hydrogen (secondary N) is 1. The van der Waals surface area contributed by atoms with Gasteiger partial charge in [0.25, 0.3) is 0 Å². The average Bonchev–Trinajstić information content (AvgIpc) is 2.71. The van der Waals surface area contributed by atoms with Crippen molar-refractivity contribution in [2.75, 3.05) is 0 Å². The number of hydrogen-bond acceptors (Lipinski definition) is 2. The topological polar surface area (TPSA) is 46.9 Å². The Labute approximate surface area is 134 Å². The molecule has 2 rings (SSSR count). The standard InChI is InChI=1S/C15H19Cl2N3O/c1-15(2,3)19-14(21)6-7-20-12-5-4-10(17)8-11(12)18-13(20)9-16/h4-5,8H,6-7,9H2,1-3H3,(H,19,21). The molecule has 114 valence electrons. The predicted molar refractivity (Wildman–Crippen MR) is 86.8 cm³/mol. The fourth-order valence-electron chi connectivity index (χ4n) is 2.20.